The number of nitrogens with zero attached hydrogens (tertiary/aromatic N) is 2. The van der Waals surface area contributed by atoms with E-state index in [9.17, 15) is 52.1 Å². The average molecular weight is 987 g/mol. The summed E-state index contributed by atoms with van der Waals surface area (Å²) in [5.74, 6) is -1.95. The van der Waals surface area contributed by atoms with Crippen molar-refractivity contribution in [2.45, 2.75) is 85.8 Å². The highest BCUT2D eigenvalue weighted by molar-refractivity contribution is 7.89. The molecular formula is C43H60N3O15S4+. The molecule has 0 aromatic heterocycles. The Kier molecular flexibility index (Phi) is 18.6. The second-order valence-corrected chi connectivity index (χ2v) is 22.6. The molecule has 2 aromatic rings. The highest BCUT2D eigenvalue weighted by atomic mass is 32.2. The van der Waals surface area contributed by atoms with Gasteiger partial charge in [0.15, 0.2) is 5.71 Å². The lowest BCUT2D eigenvalue weighted by Crippen LogP contribution is -2.32. The highest BCUT2D eigenvalue weighted by Crippen LogP contribution is 2.51. The van der Waals surface area contributed by atoms with Gasteiger partial charge in [-0.3, -0.25) is 18.5 Å². The Morgan fingerprint density at radius 1 is 0.738 bits per heavy atom. The number of carbonyl (C=O) groups is 1. The summed E-state index contributed by atoms with van der Waals surface area (Å²) in [7, 11) is -14.2. The van der Waals surface area contributed by atoms with Crippen LogP contribution in [0.25, 0.3) is 0 Å². The second kappa shape index (κ2) is 22.6. The molecule has 0 bridgehead atoms. The van der Waals surface area contributed by atoms with Crippen molar-refractivity contribution in [2.24, 2.45) is 0 Å². The van der Waals surface area contributed by atoms with Gasteiger partial charge in [-0.15, -0.1) is 0 Å². The molecule has 2 aliphatic rings. The zero-order valence-corrected chi connectivity index (χ0v) is 40.2. The number of nitrogens with one attached hydrogen (secondary N) is 1. The van der Waals surface area contributed by atoms with Crippen LogP contribution in [0, 0.1) is 0 Å². The minimum Gasteiger partial charge on any atom is -0.481 e. The van der Waals surface area contributed by atoms with Crippen LogP contribution < -0.4 is 9.62 Å². The van der Waals surface area contributed by atoms with Crippen molar-refractivity contribution in [3.8, 4) is 0 Å². The summed E-state index contributed by atoms with van der Waals surface area (Å²) >= 11 is 0. The number of aliphatic carboxylic acids is 1. The summed E-state index contributed by atoms with van der Waals surface area (Å²) < 4.78 is 142. The standard InChI is InChI=1S/C43H59N3O15S4/c1-42(22-13-29-62(49,50)51)35-31-33(64(55,56)44-24-27-60-3)18-20-37(35)45(25-12-8-11-17-41(47)48)39(42)15-9-6-5-7-10-16-40-43(2,23-14-30-63(52,53)54)36-32-34(65(57,58)59)19-21-38(36)46(40)26-28-61-4/h5-7,9-10,15-16,18-21,31-32,44H,8,11-14,17,22-30H2,1-4H3,(H3-,47,48,49,50,51,52,53,54,57,58,59)/p+1. The zero-order chi connectivity index (χ0) is 48.3. The van der Waals surface area contributed by atoms with Gasteiger partial charge in [0.1, 0.15) is 6.54 Å². The molecule has 0 amide bonds. The number of carboxylic acid groups (broad SMARTS) is 1. The number of ether oxygens (including phenoxy) is 2. The van der Waals surface area contributed by atoms with E-state index in [0.29, 0.717) is 60.6 Å². The van der Waals surface area contributed by atoms with Crippen molar-refractivity contribution in [3.05, 3.63) is 95.8 Å². The van der Waals surface area contributed by atoms with Gasteiger partial charge in [0, 0.05) is 74.7 Å². The molecule has 4 rings (SSSR count). The van der Waals surface area contributed by atoms with Crippen LogP contribution in [0.15, 0.2) is 94.4 Å². The van der Waals surface area contributed by atoms with Gasteiger partial charge in [-0.05, 0) is 94.3 Å². The summed E-state index contributed by atoms with van der Waals surface area (Å²) in [4.78, 5) is 12.8. The van der Waals surface area contributed by atoms with Gasteiger partial charge in [-0.2, -0.15) is 29.8 Å². The first kappa shape index (κ1) is 53.5. The van der Waals surface area contributed by atoms with E-state index < -0.39 is 68.7 Å². The molecule has 0 fully saturated rings. The van der Waals surface area contributed by atoms with E-state index in [-0.39, 0.29) is 61.7 Å². The molecule has 0 saturated heterocycles. The lowest BCUT2D eigenvalue weighted by molar-refractivity contribution is -0.438. The van der Waals surface area contributed by atoms with Crippen LogP contribution in [0.3, 0.4) is 0 Å². The smallest absolute Gasteiger partial charge is 0.303 e. The largest absolute Gasteiger partial charge is 0.481 e. The van der Waals surface area contributed by atoms with Crippen molar-refractivity contribution in [2.75, 3.05) is 63.5 Å². The third-order valence-electron chi connectivity index (χ3n) is 11.5. The zero-order valence-electron chi connectivity index (χ0n) is 36.9. The Bertz CT molecular complexity index is 2660. The van der Waals surface area contributed by atoms with Crippen molar-refractivity contribution >= 4 is 63.4 Å². The minimum atomic E-state index is -4.58. The van der Waals surface area contributed by atoms with E-state index >= 15 is 0 Å². The Labute approximate surface area is 382 Å². The van der Waals surface area contributed by atoms with Crippen molar-refractivity contribution in [1.82, 2.24) is 4.72 Å². The second-order valence-electron chi connectivity index (χ2n) is 16.2. The molecule has 2 aromatic carbocycles. The Morgan fingerprint density at radius 2 is 1.34 bits per heavy atom. The molecule has 0 saturated carbocycles. The first-order chi connectivity index (χ1) is 30.4. The topological polar surface area (TPSA) is 271 Å². The van der Waals surface area contributed by atoms with E-state index in [0.717, 1.165) is 5.71 Å². The Balaban J connectivity index is 1.75. The number of benzene rings is 2. The first-order valence-electron chi connectivity index (χ1n) is 20.9. The van der Waals surface area contributed by atoms with E-state index in [1.807, 2.05) is 29.4 Å². The number of allylic oxidation sites excluding steroid dienone is 8. The van der Waals surface area contributed by atoms with E-state index in [4.69, 9.17) is 14.6 Å². The average Bonchev–Trinajstić information content (AvgIpc) is 3.57. The van der Waals surface area contributed by atoms with Crippen LogP contribution in [-0.2, 0) is 65.5 Å². The molecule has 2 atom stereocenters. The molecule has 22 heteroatoms. The number of anilines is 1. The number of carboxylic acids is 1. The van der Waals surface area contributed by atoms with Crippen molar-refractivity contribution in [3.63, 3.8) is 0 Å². The van der Waals surface area contributed by atoms with Crippen molar-refractivity contribution < 1.29 is 71.3 Å². The van der Waals surface area contributed by atoms with Gasteiger partial charge in [0.2, 0.25) is 15.7 Å². The molecule has 2 unspecified atom stereocenters. The third-order valence-corrected chi connectivity index (χ3v) is 15.4. The van der Waals surface area contributed by atoms with Crippen LogP contribution in [0.4, 0.5) is 11.4 Å². The van der Waals surface area contributed by atoms with E-state index in [1.165, 1.54) is 32.4 Å². The number of methoxy groups -OCH3 is 2. The summed E-state index contributed by atoms with van der Waals surface area (Å²) in [6.07, 6.45) is 14.5. The van der Waals surface area contributed by atoms with E-state index in [1.54, 1.807) is 54.7 Å². The lowest BCUT2D eigenvalue weighted by Gasteiger charge is -2.30. The SMILES string of the molecule is COCCNS(=O)(=O)c1ccc2c(c1)C(C)(CCCS(=O)(=O)O)C(C=CC=CC=CC=C1N(CCOC)c3ccc(S(=O)(=O)O)cc3C1(C)CCCS(=O)(=O)O)=[N+]2CCCCCC(=O)O. The molecule has 360 valence electrons. The van der Waals surface area contributed by atoms with Gasteiger partial charge in [0.25, 0.3) is 30.4 Å². The quantitative estimate of drug-likeness (QED) is 0.0334. The number of unbranched alkanes of at least 4 members (excludes halogenated alkanes) is 2. The van der Waals surface area contributed by atoms with E-state index in [2.05, 4.69) is 4.72 Å². The molecule has 2 heterocycles. The number of sulfonamides is 1. The fraction of sp³-hybridized carbons (Fsp3) is 0.488. The number of fused-ring (bicyclic) bond motifs is 2. The summed E-state index contributed by atoms with van der Waals surface area (Å²) in [6, 6.07) is 8.97. The maximum Gasteiger partial charge on any atom is 0.303 e. The Morgan fingerprint density at radius 3 is 1.95 bits per heavy atom. The van der Waals surface area contributed by atoms with Crippen LogP contribution in [0.5, 0.6) is 0 Å². The van der Waals surface area contributed by atoms with Gasteiger partial charge < -0.3 is 19.5 Å². The maximum atomic E-state index is 13.3. The fourth-order valence-electron chi connectivity index (χ4n) is 8.37. The predicted molar refractivity (Wildman–Crippen MR) is 246 cm³/mol. The Hall–Kier alpha value is -4.10. The van der Waals surface area contributed by atoms with Crippen LogP contribution in [-0.4, -0.2) is 127 Å². The molecule has 65 heavy (non-hydrogen) atoms. The molecule has 5 N–H and O–H groups in total. The summed E-state index contributed by atoms with van der Waals surface area (Å²) in [5, 5.41) is 9.17. The number of hydrogen-bond acceptors (Lipinski definition) is 12. The molecule has 18 nitrogen and oxygen atoms in total. The fourth-order valence-corrected chi connectivity index (χ4v) is 10.9. The van der Waals surface area contributed by atoms with Crippen LogP contribution in [0.1, 0.15) is 76.3 Å². The van der Waals surface area contributed by atoms with Crippen LogP contribution >= 0.6 is 0 Å². The number of rotatable bonds is 27. The first-order valence-corrected chi connectivity index (χ1v) is 27.0. The minimum absolute atomic E-state index is 0.00121. The molecular weight excluding hydrogens is 927 g/mol. The third kappa shape index (κ3) is 14.4. The normalized spacial score (nSPS) is 20.0. The molecule has 0 radical (unpaired) electrons. The van der Waals surface area contributed by atoms with Crippen molar-refractivity contribution in [1.29, 1.82) is 0 Å². The predicted octanol–water partition coefficient (Wildman–Crippen LogP) is 5.17. The molecule has 0 aliphatic carbocycles. The maximum absolute atomic E-state index is 13.3. The number of hydrogen-bond donors (Lipinski definition) is 5. The lowest BCUT2D eigenvalue weighted by atomic mass is 9.76. The monoisotopic (exact) mass is 986 g/mol. The summed E-state index contributed by atoms with van der Waals surface area (Å²) in [5.41, 5.74) is 1.99. The highest BCUT2D eigenvalue weighted by Gasteiger charge is 2.48. The molecule has 0 spiro atoms. The van der Waals surface area contributed by atoms with Crippen LogP contribution in [0.2, 0.25) is 0 Å². The molecule has 2 aliphatic heterocycles. The summed E-state index contributed by atoms with van der Waals surface area (Å²) in [6.45, 7) is 4.96. The van der Waals surface area contributed by atoms with Gasteiger partial charge in [-0.1, -0.05) is 30.4 Å². The van der Waals surface area contributed by atoms with Gasteiger partial charge >= 0.3 is 5.97 Å². The van der Waals surface area contributed by atoms with Gasteiger partial charge in [0.05, 0.1) is 39.9 Å². The van der Waals surface area contributed by atoms with Gasteiger partial charge in [-0.25, -0.2) is 13.1 Å².